The zero-order valence-electron chi connectivity index (χ0n) is 12.5. The molecule has 1 saturated heterocycles. The van der Waals surface area contributed by atoms with Crippen molar-refractivity contribution in [3.8, 4) is 0 Å². The maximum atomic E-state index is 8.98. The minimum absolute atomic E-state index is 0.166. The summed E-state index contributed by atoms with van der Waals surface area (Å²) in [6.07, 6.45) is 7.06. The van der Waals surface area contributed by atoms with Crippen molar-refractivity contribution in [3.63, 3.8) is 0 Å². The van der Waals surface area contributed by atoms with Gasteiger partial charge in [-0.1, -0.05) is 0 Å². The molecule has 0 aromatic carbocycles. The lowest BCUT2D eigenvalue weighted by Gasteiger charge is -2.31. The minimum atomic E-state index is 0.166. The molecule has 0 amide bonds. The molecule has 2 aromatic heterocycles. The van der Waals surface area contributed by atoms with E-state index in [9.17, 15) is 0 Å². The molecule has 114 valence electrons. The molecule has 3 rings (SSSR count). The van der Waals surface area contributed by atoms with E-state index >= 15 is 0 Å². The van der Waals surface area contributed by atoms with Crippen molar-refractivity contribution in [2.45, 2.75) is 31.7 Å². The Morgan fingerprint density at radius 1 is 1.48 bits per heavy atom. The van der Waals surface area contributed by atoms with Crippen LogP contribution in [-0.4, -0.2) is 49.7 Å². The van der Waals surface area contributed by atoms with Crippen molar-refractivity contribution in [1.82, 2.24) is 24.9 Å². The number of aliphatic hydroxyl groups excluding tert-OH is 1. The van der Waals surface area contributed by atoms with Gasteiger partial charge < -0.3 is 5.11 Å². The standard InChI is InChI=1S/C15H23N5O/c1-19-9-12(8-16-19)10-20-5-2-3-13(11-20)15-7-14(4-6-21)17-18-15/h7-9,13,21H,2-6,10-11H2,1H3,(H,17,18)/t13-/m1/s1. The Bertz CT molecular complexity index is 576. The first-order valence-corrected chi connectivity index (χ1v) is 7.59. The first kappa shape index (κ1) is 14.3. The lowest BCUT2D eigenvalue weighted by Crippen LogP contribution is -2.33. The Kier molecular flexibility index (Phi) is 4.36. The van der Waals surface area contributed by atoms with Crippen LogP contribution in [0, 0.1) is 0 Å². The fourth-order valence-electron chi connectivity index (χ4n) is 3.09. The molecule has 3 heterocycles. The molecular formula is C15H23N5O. The van der Waals surface area contributed by atoms with Crippen LogP contribution in [0.3, 0.4) is 0 Å². The second-order valence-corrected chi connectivity index (χ2v) is 5.89. The van der Waals surface area contributed by atoms with Gasteiger partial charge in [-0.2, -0.15) is 10.2 Å². The van der Waals surface area contributed by atoms with Gasteiger partial charge >= 0.3 is 0 Å². The van der Waals surface area contributed by atoms with Crippen LogP contribution in [0.25, 0.3) is 0 Å². The van der Waals surface area contributed by atoms with Crippen LogP contribution < -0.4 is 0 Å². The van der Waals surface area contributed by atoms with Crippen molar-refractivity contribution in [2.75, 3.05) is 19.7 Å². The maximum Gasteiger partial charge on any atom is 0.0668 e. The summed E-state index contributed by atoms with van der Waals surface area (Å²) in [6.45, 7) is 3.30. The van der Waals surface area contributed by atoms with Crippen LogP contribution in [0.1, 0.15) is 35.7 Å². The zero-order chi connectivity index (χ0) is 14.7. The largest absolute Gasteiger partial charge is 0.396 e. The van der Waals surface area contributed by atoms with Crippen molar-refractivity contribution in [1.29, 1.82) is 0 Å². The lowest BCUT2D eigenvalue weighted by molar-refractivity contribution is 0.198. The van der Waals surface area contributed by atoms with Crippen molar-refractivity contribution in [3.05, 3.63) is 35.4 Å². The number of aliphatic hydroxyl groups is 1. The van der Waals surface area contributed by atoms with Crippen LogP contribution in [0.5, 0.6) is 0 Å². The van der Waals surface area contributed by atoms with Gasteiger partial charge in [0.1, 0.15) is 0 Å². The quantitative estimate of drug-likeness (QED) is 0.863. The number of aromatic amines is 1. The summed E-state index contributed by atoms with van der Waals surface area (Å²) in [5.74, 6) is 0.485. The third kappa shape index (κ3) is 3.51. The van der Waals surface area contributed by atoms with E-state index in [1.54, 1.807) is 0 Å². The Balaban J connectivity index is 1.61. The number of nitrogens with zero attached hydrogens (tertiary/aromatic N) is 4. The molecule has 1 aliphatic heterocycles. The molecular weight excluding hydrogens is 266 g/mol. The lowest BCUT2D eigenvalue weighted by atomic mass is 9.94. The predicted molar refractivity (Wildman–Crippen MR) is 79.8 cm³/mol. The Morgan fingerprint density at radius 3 is 3.14 bits per heavy atom. The van der Waals surface area contributed by atoms with Gasteiger partial charge in [0.2, 0.25) is 0 Å². The van der Waals surface area contributed by atoms with Gasteiger partial charge in [0.05, 0.1) is 11.9 Å². The molecule has 0 spiro atoms. The van der Waals surface area contributed by atoms with Gasteiger partial charge in [-0.05, 0) is 25.5 Å². The van der Waals surface area contributed by atoms with Crippen molar-refractivity contribution >= 4 is 0 Å². The number of H-pyrrole nitrogens is 1. The molecule has 0 unspecified atom stereocenters. The number of aryl methyl sites for hydroxylation is 1. The molecule has 0 radical (unpaired) electrons. The molecule has 0 bridgehead atoms. The number of hydrogen-bond acceptors (Lipinski definition) is 4. The summed E-state index contributed by atoms with van der Waals surface area (Å²) < 4.78 is 1.85. The summed E-state index contributed by atoms with van der Waals surface area (Å²) >= 11 is 0. The maximum absolute atomic E-state index is 8.98. The second kappa shape index (κ2) is 6.41. The zero-order valence-corrected chi connectivity index (χ0v) is 12.5. The average molecular weight is 289 g/mol. The highest BCUT2D eigenvalue weighted by atomic mass is 16.3. The van der Waals surface area contributed by atoms with E-state index in [1.807, 2.05) is 17.9 Å². The molecule has 0 saturated carbocycles. The van der Waals surface area contributed by atoms with Gasteiger partial charge in [-0.3, -0.25) is 14.7 Å². The summed E-state index contributed by atoms with van der Waals surface area (Å²) in [6, 6.07) is 2.11. The fourth-order valence-corrected chi connectivity index (χ4v) is 3.09. The van der Waals surface area contributed by atoms with E-state index in [0.717, 1.165) is 31.0 Å². The SMILES string of the molecule is Cn1cc(CN2CCC[C@@H](c3cc(CCO)[nH]n3)C2)cn1. The molecule has 6 nitrogen and oxygen atoms in total. The van der Waals surface area contributed by atoms with Crippen LogP contribution >= 0.6 is 0 Å². The average Bonchev–Trinajstić information content (AvgIpc) is 3.09. The number of hydrogen-bond donors (Lipinski definition) is 2. The van der Waals surface area contributed by atoms with Crippen LogP contribution in [0.4, 0.5) is 0 Å². The van der Waals surface area contributed by atoms with Crippen molar-refractivity contribution in [2.24, 2.45) is 7.05 Å². The van der Waals surface area contributed by atoms with Crippen LogP contribution in [0.2, 0.25) is 0 Å². The molecule has 21 heavy (non-hydrogen) atoms. The van der Waals surface area contributed by atoms with E-state index in [4.69, 9.17) is 5.11 Å². The van der Waals surface area contributed by atoms with Gasteiger partial charge in [0, 0.05) is 56.5 Å². The molecule has 2 aromatic rings. The molecule has 1 fully saturated rings. The minimum Gasteiger partial charge on any atom is -0.396 e. The van der Waals surface area contributed by atoms with Crippen LogP contribution in [-0.2, 0) is 20.0 Å². The number of piperidine rings is 1. The molecule has 1 atom stereocenters. The summed E-state index contributed by atoms with van der Waals surface area (Å²) in [5, 5.41) is 20.7. The van der Waals surface area contributed by atoms with E-state index in [-0.39, 0.29) is 6.61 Å². The molecule has 1 aliphatic rings. The highest BCUT2D eigenvalue weighted by molar-refractivity contribution is 5.15. The van der Waals surface area contributed by atoms with Gasteiger partial charge in [-0.25, -0.2) is 0 Å². The third-order valence-corrected chi connectivity index (χ3v) is 4.12. The predicted octanol–water partition coefficient (Wildman–Crippen LogP) is 1.06. The highest BCUT2D eigenvalue weighted by Gasteiger charge is 2.23. The normalized spacial score (nSPS) is 20.0. The Hall–Kier alpha value is -1.66. The number of nitrogens with one attached hydrogen (secondary N) is 1. The second-order valence-electron chi connectivity index (χ2n) is 5.89. The molecule has 2 N–H and O–H groups in total. The third-order valence-electron chi connectivity index (χ3n) is 4.12. The summed E-state index contributed by atoms with van der Waals surface area (Å²) in [4.78, 5) is 2.48. The monoisotopic (exact) mass is 289 g/mol. The van der Waals surface area contributed by atoms with Gasteiger partial charge in [0.25, 0.3) is 0 Å². The van der Waals surface area contributed by atoms with Crippen molar-refractivity contribution < 1.29 is 5.11 Å². The van der Waals surface area contributed by atoms with Crippen LogP contribution in [0.15, 0.2) is 18.5 Å². The van der Waals surface area contributed by atoms with Gasteiger partial charge in [-0.15, -0.1) is 0 Å². The number of aromatic nitrogens is 4. The Morgan fingerprint density at radius 2 is 2.38 bits per heavy atom. The topological polar surface area (TPSA) is 70.0 Å². The highest BCUT2D eigenvalue weighted by Crippen LogP contribution is 2.26. The molecule has 6 heteroatoms. The van der Waals surface area contributed by atoms with E-state index in [0.29, 0.717) is 12.3 Å². The first-order valence-electron chi connectivity index (χ1n) is 7.59. The van der Waals surface area contributed by atoms with E-state index in [2.05, 4.69) is 32.5 Å². The fraction of sp³-hybridized carbons (Fsp3) is 0.600. The van der Waals surface area contributed by atoms with E-state index < -0.39 is 0 Å². The van der Waals surface area contributed by atoms with Gasteiger partial charge in [0.15, 0.2) is 0 Å². The number of likely N-dealkylation sites (tertiary alicyclic amines) is 1. The van der Waals surface area contributed by atoms with E-state index in [1.165, 1.54) is 18.4 Å². The summed E-state index contributed by atoms with van der Waals surface area (Å²) in [7, 11) is 1.95. The Labute approximate surface area is 124 Å². The molecule has 0 aliphatic carbocycles. The first-order chi connectivity index (χ1) is 10.2. The number of rotatable bonds is 5. The smallest absolute Gasteiger partial charge is 0.0668 e. The summed E-state index contributed by atoms with van der Waals surface area (Å²) in [5.41, 5.74) is 3.42.